The Bertz CT molecular complexity index is 449. The molecule has 2 rings (SSSR count). The molecule has 0 bridgehead atoms. The summed E-state index contributed by atoms with van der Waals surface area (Å²) in [6.45, 7) is 0.812. The predicted molar refractivity (Wildman–Crippen MR) is 67.5 cm³/mol. The summed E-state index contributed by atoms with van der Waals surface area (Å²) < 4.78 is 10.00. The summed E-state index contributed by atoms with van der Waals surface area (Å²) in [6.07, 6.45) is -1.18. The van der Waals surface area contributed by atoms with Gasteiger partial charge in [0.15, 0.2) is 12.1 Å². The number of amides is 2. The number of carbonyl (C=O) groups excluding carboxylic acids is 2. The Hall–Kier alpha value is -2.08. The van der Waals surface area contributed by atoms with Crippen molar-refractivity contribution in [1.29, 1.82) is 0 Å². The molecule has 2 atom stereocenters. The van der Waals surface area contributed by atoms with Crippen molar-refractivity contribution in [2.75, 3.05) is 20.3 Å². The SMILES string of the molecule is COCCNC(=O)C1NC(=O)OC1c1ccccc1. The monoisotopic (exact) mass is 264 g/mol. The van der Waals surface area contributed by atoms with Gasteiger partial charge in [0, 0.05) is 13.7 Å². The second-order valence-corrected chi connectivity index (χ2v) is 4.14. The van der Waals surface area contributed by atoms with Gasteiger partial charge >= 0.3 is 6.09 Å². The lowest BCUT2D eigenvalue weighted by molar-refractivity contribution is -0.124. The molecule has 2 amide bonds. The molecule has 0 radical (unpaired) electrons. The van der Waals surface area contributed by atoms with E-state index in [1.807, 2.05) is 30.3 Å². The molecule has 1 heterocycles. The van der Waals surface area contributed by atoms with Crippen LogP contribution in [0.25, 0.3) is 0 Å². The average molecular weight is 264 g/mol. The van der Waals surface area contributed by atoms with Gasteiger partial charge in [-0.3, -0.25) is 4.79 Å². The van der Waals surface area contributed by atoms with Gasteiger partial charge in [0.1, 0.15) is 0 Å². The van der Waals surface area contributed by atoms with Crippen LogP contribution in [0.4, 0.5) is 4.79 Å². The Labute approximate surface area is 111 Å². The number of rotatable bonds is 5. The Morgan fingerprint density at radius 2 is 2.16 bits per heavy atom. The number of nitrogens with one attached hydrogen (secondary N) is 2. The number of benzene rings is 1. The lowest BCUT2D eigenvalue weighted by Crippen LogP contribution is -2.44. The first-order valence-corrected chi connectivity index (χ1v) is 6.01. The van der Waals surface area contributed by atoms with Crippen molar-refractivity contribution in [1.82, 2.24) is 10.6 Å². The average Bonchev–Trinajstić information content (AvgIpc) is 2.82. The molecule has 102 valence electrons. The molecular weight excluding hydrogens is 248 g/mol. The van der Waals surface area contributed by atoms with E-state index in [4.69, 9.17) is 9.47 Å². The number of alkyl carbamates (subject to hydrolysis) is 1. The van der Waals surface area contributed by atoms with Gasteiger partial charge in [0.25, 0.3) is 0 Å². The molecule has 6 nitrogen and oxygen atoms in total. The third-order valence-electron chi connectivity index (χ3n) is 2.83. The standard InChI is InChI=1S/C13H16N2O4/c1-18-8-7-14-12(16)10-11(19-13(17)15-10)9-5-3-2-4-6-9/h2-6,10-11H,7-8H2,1H3,(H,14,16)(H,15,17). The number of cyclic esters (lactones) is 1. The number of hydrogen-bond acceptors (Lipinski definition) is 4. The van der Waals surface area contributed by atoms with Gasteiger partial charge < -0.3 is 20.1 Å². The van der Waals surface area contributed by atoms with Crippen LogP contribution in [0, 0.1) is 0 Å². The molecule has 2 unspecified atom stereocenters. The number of ether oxygens (including phenoxy) is 2. The molecule has 1 saturated heterocycles. The van der Waals surface area contributed by atoms with Gasteiger partial charge in [0.05, 0.1) is 6.61 Å². The van der Waals surface area contributed by atoms with Crippen LogP contribution in [0.5, 0.6) is 0 Å². The summed E-state index contributed by atoms with van der Waals surface area (Å²) in [5.41, 5.74) is 0.785. The number of hydrogen-bond donors (Lipinski definition) is 2. The van der Waals surface area contributed by atoms with E-state index in [-0.39, 0.29) is 5.91 Å². The molecule has 19 heavy (non-hydrogen) atoms. The van der Waals surface area contributed by atoms with Crippen LogP contribution in [0.15, 0.2) is 30.3 Å². The second-order valence-electron chi connectivity index (χ2n) is 4.14. The largest absolute Gasteiger partial charge is 0.439 e. The highest BCUT2D eigenvalue weighted by atomic mass is 16.6. The highest BCUT2D eigenvalue weighted by Gasteiger charge is 2.39. The molecule has 6 heteroatoms. The summed E-state index contributed by atoms with van der Waals surface area (Å²) in [4.78, 5) is 23.3. The lowest BCUT2D eigenvalue weighted by Gasteiger charge is -2.16. The molecule has 0 saturated carbocycles. The zero-order valence-corrected chi connectivity index (χ0v) is 10.6. The van der Waals surface area contributed by atoms with E-state index in [1.54, 1.807) is 7.11 Å². The van der Waals surface area contributed by atoms with E-state index in [9.17, 15) is 9.59 Å². The molecule has 0 aromatic heterocycles. The molecule has 0 aliphatic carbocycles. The fourth-order valence-electron chi connectivity index (χ4n) is 1.91. The molecule has 1 aliphatic rings. The van der Waals surface area contributed by atoms with Crippen LogP contribution in [-0.4, -0.2) is 38.3 Å². The van der Waals surface area contributed by atoms with Gasteiger partial charge in [-0.15, -0.1) is 0 Å². The minimum absolute atomic E-state index is 0.281. The molecule has 1 aromatic carbocycles. The fraction of sp³-hybridized carbons (Fsp3) is 0.385. The molecule has 1 fully saturated rings. The Morgan fingerprint density at radius 3 is 2.84 bits per heavy atom. The Balaban J connectivity index is 2.05. The quantitative estimate of drug-likeness (QED) is 0.763. The van der Waals surface area contributed by atoms with E-state index in [2.05, 4.69) is 10.6 Å². The summed E-state index contributed by atoms with van der Waals surface area (Å²) in [5.74, 6) is -0.281. The minimum atomic E-state index is -0.716. The van der Waals surface area contributed by atoms with Crippen molar-refractivity contribution in [3.8, 4) is 0 Å². The van der Waals surface area contributed by atoms with Crippen LogP contribution in [0.2, 0.25) is 0 Å². The van der Waals surface area contributed by atoms with Gasteiger partial charge in [0.2, 0.25) is 5.91 Å². The highest BCUT2D eigenvalue weighted by molar-refractivity contribution is 5.88. The number of carbonyl (C=O) groups is 2. The van der Waals surface area contributed by atoms with E-state index in [1.165, 1.54) is 0 Å². The first-order valence-electron chi connectivity index (χ1n) is 6.01. The van der Waals surface area contributed by atoms with Crippen molar-refractivity contribution in [2.45, 2.75) is 12.1 Å². The van der Waals surface area contributed by atoms with Crippen molar-refractivity contribution in [3.63, 3.8) is 0 Å². The maximum atomic E-state index is 12.0. The smallest absolute Gasteiger partial charge is 0.408 e. The zero-order valence-electron chi connectivity index (χ0n) is 10.6. The maximum Gasteiger partial charge on any atom is 0.408 e. The van der Waals surface area contributed by atoms with Gasteiger partial charge in [-0.25, -0.2) is 4.79 Å². The van der Waals surface area contributed by atoms with Crippen molar-refractivity contribution < 1.29 is 19.1 Å². The van der Waals surface area contributed by atoms with Crippen molar-refractivity contribution in [2.24, 2.45) is 0 Å². The molecule has 2 N–H and O–H groups in total. The summed E-state index contributed by atoms with van der Waals surface area (Å²) in [6, 6.07) is 8.46. The Kier molecular flexibility index (Phi) is 4.35. The summed E-state index contributed by atoms with van der Waals surface area (Å²) in [5, 5.41) is 5.20. The molecule has 1 aromatic rings. The van der Waals surface area contributed by atoms with Crippen LogP contribution in [-0.2, 0) is 14.3 Å². The fourth-order valence-corrected chi connectivity index (χ4v) is 1.91. The van der Waals surface area contributed by atoms with Crippen molar-refractivity contribution in [3.05, 3.63) is 35.9 Å². The van der Waals surface area contributed by atoms with Gasteiger partial charge in [-0.2, -0.15) is 0 Å². The summed E-state index contributed by atoms with van der Waals surface area (Å²) in [7, 11) is 1.55. The number of methoxy groups -OCH3 is 1. The predicted octanol–water partition coefficient (Wildman–Crippen LogP) is 0.599. The normalized spacial score (nSPS) is 21.6. The third kappa shape index (κ3) is 3.23. The third-order valence-corrected chi connectivity index (χ3v) is 2.83. The minimum Gasteiger partial charge on any atom is -0.439 e. The van der Waals surface area contributed by atoms with Crippen LogP contribution >= 0.6 is 0 Å². The topological polar surface area (TPSA) is 76.7 Å². The first kappa shape index (κ1) is 13.4. The molecule has 1 aliphatic heterocycles. The lowest BCUT2D eigenvalue weighted by atomic mass is 10.0. The molecule has 0 spiro atoms. The Morgan fingerprint density at radius 1 is 1.42 bits per heavy atom. The van der Waals surface area contributed by atoms with Crippen molar-refractivity contribution >= 4 is 12.0 Å². The van der Waals surface area contributed by atoms with E-state index >= 15 is 0 Å². The van der Waals surface area contributed by atoms with E-state index in [0.29, 0.717) is 13.2 Å². The van der Waals surface area contributed by atoms with Gasteiger partial charge in [-0.05, 0) is 5.56 Å². The zero-order chi connectivity index (χ0) is 13.7. The van der Waals surface area contributed by atoms with Gasteiger partial charge in [-0.1, -0.05) is 30.3 Å². The summed E-state index contributed by atoms with van der Waals surface area (Å²) >= 11 is 0. The highest BCUT2D eigenvalue weighted by Crippen LogP contribution is 2.26. The second kappa shape index (κ2) is 6.19. The maximum absolute atomic E-state index is 12.0. The van der Waals surface area contributed by atoms with E-state index in [0.717, 1.165) is 5.56 Å². The van der Waals surface area contributed by atoms with Crippen LogP contribution in [0.1, 0.15) is 11.7 Å². The molecular formula is C13H16N2O4. The van der Waals surface area contributed by atoms with Crippen LogP contribution < -0.4 is 10.6 Å². The first-order chi connectivity index (χ1) is 9.22. The van der Waals surface area contributed by atoms with E-state index < -0.39 is 18.2 Å². The van der Waals surface area contributed by atoms with Crippen LogP contribution in [0.3, 0.4) is 0 Å².